The SMILES string of the molecule is C1CCC1.CCC.CCCCC(C)C=C(C)C.CNC(=O)c1nn(Cc2ccc(C)cc2)c(-c2ccc(Cl)cc2)c1CNCC(C)(C)NC(C)=O. The summed E-state index contributed by atoms with van der Waals surface area (Å²) in [4.78, 5) is 24.3. The Balaban J connectivity index is 0.000000628. The van der Waals surface area contributed by atoms with E-state index in [1.54, 1.807) is 7.05 Å². The molecule has 8 heteroatoms. The van der Waals surface area contributed by atoms with Gasteiger partial charge in [-0.05, 0) is 64.7 Å². The molecule has 1 unspecified atom stereocenters. The maximum absolute atomic E-state index is 12.8. The molecule has 1 aliphatic rings. The quantitative estimate of drug-likeness (QED) is 0.153. The lowest BCUT2D eigenvalue weighted by molar-refractivity contribution is -0.120. The summed E-state index contributed by atoms with van der Waals surface area (Å²) in [6, 6.07) is 15.8. The molecule has 2 aromatic carbocycles. The molecule has 284 valence electrons. The molecule has 3 aromatic rings. The molecule has 2 amide bonds. The number of nitrogens with one attached hydrogen (secondary N) is 3. The molecule has 0 aliphatic heterocycles. The summed E-state index contributed by atoms with van der Waals surface area (Å²) in [6.45, 7) is 22.0. The van der Waals surface area contributed by atoms with Gasteiger partial charge in [-0.3, -0.25) is 14.3 Å². The molecule has 3 N–H and O–H groups in total. The molecular weight excluding hydrogens is 654 g/mol. The fourth-order valence-electron chi connectivity index (χ4n) is 5.33. The normalized spacial score (nSPS) is 12.3. The Bertz CT molecular complexity index is 1450. The number of carbonyl (C=O) groups excluding carboxylic acids is 2. The van der Waals surface area contributed by atoms with Crippen molar-refractivity contribution in [3.05, 3.63) is 87.6 Å². The molecule has 1 saturated carbocycles. The third-order valence-corrected chi connectivity index (χ3v) is 8.33. The number of hydrogen-bond donors (Lipinski definition) is 3. The number of aromatic nitrogens is 2. The fourth-order valence-corrected chi connectivity index (χ4v) is 5.45. The minimum Gasteiger partial charge on any atom is -0.354 e. The van der Waals surface area contributed by atoms with E-state index in [1.807, 2.05) is 49.7 Å². The Morgan fingerprint density at radius 3 is 2.00 bits per heavy atom. The monoisotopic (exact) mass is 722 g/mol. The second kappa shape index (κ2) is 24.7. The number of benzene rings is 2. The summed E-state index contributed by atoms with van der Waals surface area (Å²) in [5.74, 6) is 0.436. The van der Waals surface area contributed by atoms with Crippen molar-refractivity contribution < 1.29 is 9.59 Å². The Morgan fingerprint density at radius 1 is 0.961 bits per heavy atom. The topological polar surface area (TPSA) is 88.1 Å². The van der Waals surface area contributed by atoms with E-state index in [-0.39, 0.29) is 11.8 Å². The molecule has 0 spiro atoms. The zero-order valence-electron chi connectivity index (χ0n) is 33.6. The van der Waals surface area contributed by atoms with Gasteiger partial charge in [0.25, 0.3) is 5.91 Å². The van der Waals surface area contributed by atoms with Gasteiger partial charge in [0.05, 0.1) is 12.2 Å². The van der Waals surface area contributed by atoms with Crippen LogP contribution in [0.3, 0.4) is 0 Å². The first-order valence-electron chi connectivity index (χ1n) is 19.0. The predicted molar refractivity (Wildman–Crippen MR) is 218 cm³/mol. The standard InChI is InChI=1S/C26H32ClN5O2.C10H20.C4H8.C3H8/c1-17-6-8-19(9-7-17)15-32-24(20-10-12-21(27)13-11-20)22(23(31-32)25(34)28-5)14-29-16-26(3,4)30-18(2)33;1-5-6-7-10(4)8-9(2)3;1-2-4-3-1;1-3-2/h6-13,29H,14-16H2,1-5H3,(H,28,34)(H,30,33);8,10H,5-7H2,1-4H3;1-4H2;3H2,1-2H3. The number of nitrogens with zero attached hydrogens (tertiary/aromatic N) is 2. The van der Waals surface area contributed by atoms with E-state index in [0.717, 1.165) is 28.3 Å². The minimum absolute atomic E-state index is 0.0920. The highest BCUT2D eigenvalue weighted by Gasteiger charge is 2.25. The van der Waals surface area contributed by atoms with Crippen LogP contribution in [-0.2, 0) is 17.9 Å². The third-order valence-electron chi connectivity index (χ3n) is 8.08. The first-order valence-corrected chi connectivity index (χ1v) is 19.3. The molecule has 0 radical (unpaired) electrons. The van der Waals surface area contributed by atoms with E-state index in [1.165, 1.54) is 69.4 Å². The molecule has 7 nitrogen and oxygen atoms in total. The summed E-state index contributed by atoms with van der Waals surface area (Å²) in [5, 5.41) is 14.4. The fraction of sp³-hybridized carbons (Fsp3) is 0.558. The van der Waals surface area contributed by atoms with Crippen molar-refractivity contribution in [2.75, 3.05) is 13.6 Å². The van der Waals surface area contributed by atoms with Gasteiger partial charge in [-0.25, -0.2) is 0 Å². The van der Waals surface area contributed by atoms with Crippen LogP contribution in [0.4, 0.5) is 0 Å². The molecule has 1 atom stereocenters. The number of unbranched alkanes of at least 4 members (excludes halogenated alkanes) is 1. The van der Waals surface area contributed by atoms with Gasteiger partial charge in [0.1, 0.15) is 0 Å². The van der Waals surface area contributed by atoms with Crippen LogP contribution < -0.4 is 16.0 Å². The summed E-state index contributed by atoms with van der Waals surface area (Å²) in [7, 11) is 1.60. The van der Waals surface area contributed by atoms with Crippen LogP contribution in [0, 0.1) is 12.8 Å². The molecule has 0 bridgehead atoms. The second-order valence-corrected chi connectivity index (χ2v) is 15.0. The van der Waals surface area contributed by atoms with Crippen molar-refractivity contribution >= 4 is 23.4 Å². The molecule has 1 fully saturated rings. The zero-order chi connectivity index (χ0) is 38.4. The number of carbonyl (C=O) groups is 2. The summed E-state index contributed by atoms with van der Waals surface area (Å²) >= 11 is 6.14. The lowest BCUT2D eigenvalue weighted by Crippen LogP contribution is -2.49. The van der Waals surface area contributed by atoms with Crippen molar-refractivity contribution in [1.82, 2.24) is 25.7 Å². The summed E-state index contributed by atoms with van der Waals surface area (Å²) in [6.07, 6.45) is 13.6. The lowest BCUT2D eigenvalue weighted by atomic mass is 10.0. The van der Waals surface area contributed by atoms with Gasteiger partial charge in [-0.1, -0.05) is 138 Å². The number of allylic oxidation sites excluding steroid dienone is 2. The molecule has 1 aromatic heterocycles. The van der Waals surface area contributed by atoms with Gasteiger partial charge in [-0.2, -0.15) is 5.10 Å². The smallest absolute Gasteiger partial charge is 0.271 e. The average molecular weight is 723 g/mol. The van der Waals surface area contributed by atoms with Gasteiger partial charge >= 0.3 is 0 Å². The molecule has 0 saturated heterocycles. The van der Waals surface area contributed by atoms with Crippen molar-refractivity contribution in [2.24, 2.45) is 5.92 Å². The number of hydrogen-bond acceptors (Lipinski definition) is 4. The molecule has 1 heterocycles. The largest absolute Gasteiger partial charge is 0.354 e. The minimum atomic E-state index is -0.447. The van der Waals surface area contributed by atoms with Gasteiger partial charge in [0.15, 0.2) is 5.69 Å². The summed E-state index contributed by atoms with van der Waals surface area (Å²) in [5.41, 5.74) is 6.17. The third kappa shape index (κ3) is 18.6. The Labute approximate surface area is 315 Å². The number of amides is 2. The van der Waals surface area contributed by atoms with Crippen LogP contribution in [0.1, 0.15) is 141 Å². The Morgan fingerprint density at radius 2 is 1.53 bits per heavy atom. The molecular formula is C43H68ClN5O2. The molecule has 4 rings (SSSR count). The lowest BCUT2D eigenvalue weighted by Gasteiger charge is -2.26. The van der Waals surface area contributed by atoms with Gasteiger partial charge in [0, 0.05) is 48.7 Å². The highest BCUT2D eigenvalue weighted by molar-refractivity contribution is 6.30. The van der Waals surface area contributed by atoms with Crippen LogP contribution in [0.5, 0.6) is 0 Å². The maximum Gasteiger partial charge on any atom is 0.271 e. The van der Waals surface area contributed by atoms with Crippen molar-refractivity contribution in [2.45, 2.75) is 139 Å². The highest BCUT2D eigenvalue weighted by atomic mass is 35.5. The van der Waals surface area contributed by atoms with Crippen LogP contribution in [0.15, 0.2) is 60.2 Å². The van der Waals surface area contributed by atoms with E-state index >= 15 is 0 Å². The molecule has 1 aliphatic carbocycles. The van der Waals surface area contributed by atoms with Crippen molar-refractivity contribution in [3.8, 4) is 11.3 Å². The Hall–Kier alpha value is -3.42. The van der Waals surface area contributed by atoms with Crippen molar-refractivity contribution in [3.63, 3.8) is 0 Å². The zero-order valence-corrected chi connectivity index (χ0v) is 34.4. The number of halogens is 1. The van der Waals surface area contributed by atoms with Crippen LogP contribution in [0.2, 0.25) is 5.02 Å². The second-order valence-electron chi connectivity index (χ2n) is 14.6. The maximum atomic E-state index is 12.8. The van der Waals surface area contributed by atoms with E-state index in [9.17, 15) is 9.59 Å². The average Bonchev–Trinajstić information content (AvgIpc) is 3.37. The van der Waals surface area contributed by atoms with E-state index < -0.39 is 5.54 Å². The van der Waals surface area contributed by atoms with Crippen molar-refractivity contribution in [1.29, 1.82) is 0 Å². The van der Waals surface area contributed by atoms with E-state index in [4.69, 9.17) is 16.7 Å². The number of aryl methyl sites for hydroxylation is 1. The summed E-state index contributed by atoms with van der Waals surface area (Å²) < 4.78 is 1.87. The van der Waals surface area contributed by atoms with Gasteiger partial charge in [-0.15, -0.1) is 0 Å². The van der Waals surface area contributed by atoms with E-state index in [0.29, 0.717) is 30.4 Å². The predicted octanol–water partition coefficient (Wildman–Crippen LogP) is 10.7. The van der Waals surface area contributed by atoms with Crippen LogP contribution >= 0.6 is 11.6 Å². The van der Waals surface area contributed by atoms with Gasteiger partial charge in [0.2, 0.25) is 5.91 Å². The molecule has 51 heavy (non-hydrogen) atoms. The first-order chi connectivity index (χ1) is 24.2. The first kappa shape index (κ1) is 45.6. The van der Waals surface area contributed by atoms with Crippen LogP contribution in [-0.4, -0.2) is 40.7 Å². The van der Waals surface area contributed by atoms with E-state index in [2.05, 4.69) is 87.8 Å². The number of rotatable bonds is 13. The highest BCUT2D eigenvalue weighted by Crippen LogP contribution is 2.29. The van der Waals surface area contributed by atoms with Crippen LogP contribution in [0.25, 0.3) is 11.3 Å². The Kier molecular flexibility index (Phi) is 22.1. The van der Waals surface area contributed by atoms with Gasteiger partial charge < -0.3 is 16.0 Å².